The highest BCUT2D eigenvalue weighted by Gasteiger charge is 2.20. The number of hydrogen-bond acceptors (Lipinski definition) is 3. The van der Waals surface area contributed by atoms with Crippen LogP contribution in [0, 0.1) is 5.92 Å². The van der Waals surface area contributed by atoms with E-state index >= 15 is 0 Å². The van der Waals surface area contributed by atoms with Crippen molar-refractivity contribution in [3.05, 3.63) is 24.0 Å². The van der Waals surface area contributed by atoms with Gasteiger partial charge in [-0.05, 0) is 24.8 Å². The van der Waals surface area contributed by atoms with Crippen LogP contribution in [0.1, 0.15) is 36.0 Å². The van der Waals surface area contributed by atoms with Crippen molar-refractivity contribution in [2.75, 3.05) is 12.3 Å². The van der Waals surface area contributed by atoms with Gasteiger partial charge in [-0.3, -0.25) is 9.78 Å². The minimum Gasteiger partial charge on any atom is -0.398 e. The number of carbonyl (C=O) groups is 1. The van der Waals surface area contributed by atoms with Crippen LogP contribution in [0.4, 0.5) is 5.69 Å². The molecule has 0 saturated heterocycles. The number of pyridine rings is 1. The topological polar surface area (TPSA) is 68.0 Å². The molecule has 1 amide bonds. The Morgan fingerprint density at radius 2 is 2.38 bits per heavy atom. The molecule has 1 aromatic heterocycles. The fourth-order valence-electron chi connectivity index (χ4n) is 1.69. The van der Waals surface area contributed by atoms with Crippen LogP contribution in [0.3, 0.4) is 0 Å². The van der Waals surface area contributed by atoms with Crippen LogP contribution in [0.2, 0.25) is 0 Å². The Bertz CT molecular complexity index is 374. The van der Waals surface area contributed by atoms with E-state index in [9.17, 15) is 4.79 Å². The molecule has 0 atom stereocenters. The molecule has 3 N–H and O–H groups in total. The summed E-state index contributed by atoms with van der Waals surface area (Å²) in [6.07, 6.45) is 8.09. The van der Waals surface area contributed by atoms with Gasteiger partial charge in [0, 0.05) is 24.6 Å². The molecule has 16 heavy (non-hydrogen) atoms. The monoisotopic (exact) mass is 219 g/mol. The third-order valence-electron chi connectivity index (χ3n) is 2.87. The largest absolute Gasteiger partial charge is 0.398 e. The first-order chi connectivity index (χ1) is 7.77. The molecule has 1 saturated carbocycles. The zero-order valence-electron chi connectivity index (χ0n) is 9.28. The van der Waals surface area contributed by atoms with Crippen molar-refractivity contribution in [2.24, 2.45) is 5.92 Å². The van der Waals surface area contributed by atoms with Gasteiger partial charge in [0.1, 0.15) is 0 Å². The summed E-state index contributed by atoms with van der Waals surface area (Å²) in [4.78, 5) is 15.6. The summed E-state index contributed by atoms with van der Waals surface area (Å²) in [6, 6.07) is 1.64. The summed E-state index contributed by atoms with van der Waals surface area (Å²) < 4.78 is 0. The van der Waals surface area contributed by atoms with Crippen molar-refractivity contribution >= 4 is 11.6 Å². The molecule has 0 aromatic carbocycles. The number of nitrogen functional groups attached to an aromatic ring is 1. The number of nitrogens with two attached hydrogens (primary N) is 1. The highest BCUT2D eigenvalue weighted by Crippen LogP contribution is 2.33. The molecule has 1 aliphatic rings. The molecule has 1 fully saturated rings. The van der Waals surface area contributed by atoms with Gasteiger partial charge < -0.3 is 11.1 Å². The standard InChI is InChI=1S/C12H17N3O/c13-11-5-7-14-8-10(11)12(16)15-6-1-2-9-3-4-9/h5,7-9H,1-4,6H2,(H2,13,14)(H,15,16). The predicted octanol–water partition coefficient (Wildman–Crippen LogP) is 1.58. The number of rotatable bonds is 5. The van der Waals surface area contributed by atoms with Gasteiger partial charge >= 0.3 is 0 Å². The van der Waals surface area contributed by atoms with Gasteiger partial charge in [0.2, 0.25) is 0 Å². The van der Waals surface area contributed by atoms with E-state index in [-0.39, 0.29) is 5.91 Å². The van der Waals surface area contributed by atoms with Crippen LogP contribution in [-0.4, -0.2) is 17.4 Å². The number of nitrogens with zero attached hydrogens (tertiary/aromatic N) is 1. The summed E-state index contributed by atoms with van der Waals surface area (Å²) in [6.45, 7) is 0.726. The normalized spacial score (nSPS) is 14.8. The zero-order chi connectivity index (χ0) is 11.4. The molecule has 4 nitrogen and oxygen atoms in total. The molecule has 0 spiro atoms. The van der Waals surface area contributed by atoms with E-state index in [0.717, 1.165) is 18.9 Å². The zero-order valence-corrected chi connectivity index (χ0v) is 9.28. The maximum Gasteiger partial charge on any atom is 0.254 e. The van der Waals surface area contributed by atoms with Crippen LogP contribution < -0.4 is 11.1 Å². The van der Waals surface area contributed by atoms with Crippen molar-refractivity contribution in [1.82, 2.24) is 10.3 Å². The lowest BCUT2D eigenvalue weighted by atomic mass is 10.2. The van der Waals surface area contributed by atoms with E-state index in [4.69, 9.17) is 5.73 Å². The lowest BCUT2D eigenvalue weighted by Crippen LogP contribution is -2.25. The fourth-order valence-corrected chi connectivity index (χ4v) is 1.69. The Labute approximate surface area is 95.3 Å². The van der Waals surface area contributed by atoms with E-state index in [1.165, 1.54) is 25.5 Å². The smallest absolute Gasteiger partial charge is 0.254 e. The average Bonchev–Trinajstić information content (AvgIpc) is 3.08. The van der Waals surface area contributed by atoms with Crippen molar-refractivity contribution < 1.29 is 4.79 Å². The van der Waals surface area contributed by atoms with Crippen LogP contribution in [0.5, 0.6) is 0 Å². The van der Waals surface area contributed by atoms with Crippen molar-refractivity contribution in [3.8, 4) is 0 Å². The maximum absolute atomic E-state index is 11.7. The van der Waals surface area contributed by atoms with Gasteiger partial charge in [0.05, 0.1) is 5.56 Å². The molecule has 0 unspecified atom stereocenters. The van der Waals surface area contributed by atoms with Gasteiger partial charge in [-0.1, -0.05) is 12.8 Å². The van der Waals surface area contributed by atoms with Gasteiger partial charge in [0.25, 0.3) is 5.91 Å². The van der Waals surface area contributed by atoms with Crippen LogP contribution in [0.15, 0.2) is 18.5 Å². The number of nitrogens with one attached hydrogen (secondary N) is 1. The second kappa shape index (κ2) is 4.96. The first-order valence-electron chi connectivity index (χ1n) is 5.75. The van der Waals surface area contributed by atoms with Crippen LogP contribution in [0.25, 0.3) is 0 Å². The molecule has 86 valence electrons. The third-order valence-corrected chi connectivity index (χ3v) is 2.87. The third kappa shape index (κ3) is 2.95. The maximum atomic E-state index is 11.7. The molecule has 0 aliphatic heterocycles. The summed E-state index contributed by atoms with van der Waals surface area (Å²) in [7, 11) is 0. The molecule has 1 aliphatic carbocycles. The Morgan fingerprint density at radius 1 is 1.56 bits per heavy atom. The fraction of sp³-hybridized carbons (Fsp3) is 0.500. The van der Waals surface area contributed by atoms with E-state index in [1.807, 2.05) is 0 Å². The van der Waals surface area contributed by atoms with E-state index in [2.05, 4.69) is 10.3 Å². The van der Waals surface area contributed by atoms with Gasteiger partial charge in [-0.2, -0.15) is 0 Å². The molecule has 1 heterocycles. The SMILES string of the molecule is Nc1ccncc1C(=O)NCCCC1CC1. The molecule has 0 bridgehead atoms. The number of amides is 1. The Kier molecular flexibility index (Phi) is 3.39. The highest BCUT2D eigenvalue weighted by molar-refractivity contribution is 5.98. The van der Waals surface area contributed by atoms with Crippen LogP contribution >= 0.6 is 0 Å². The minimum absolute atomic E-state index is 0.124. The molecular formula is C12H17N3O. The Morgan fingerprint density at radius 3 is 3.06 bits per heavy atom. The number of hydrogen-bond donors (Lipinski definition) is 2. The summed E-state index contributed by atoms with van der Waals surface area (Å²) in [5, 5.41) is 2.86. The molecule has 4 heteroatoms. The Hall–Kier alpha value is -1.58. The molecule has 2 rings (SSSR count). The van der Waals surface area contributed by atoms with Gasteiger partial charge in [0.15, 0.2) is 0 Å². The van der Waals surface area contributed by atoms with Crippen molar-refractivity contribution in [2.45, 2.75) is 25.7 Å². The molecular weight excluding hydrogens is 202 g/mol. The summed E-state index contributed by atoms with van der Waals surface area (Å²) in [5.41, 5.74) is 6.63. The second-order valence-electron chi connectivity index (χ2n) is 4.30. The van der Waals surface area contributed by atoms with Gasteiger partial charge in [-0.25, -0.2) is 0 Å². The number of aromatic nitrogens is 1. The minimum atomic E-state index is -0.124. The van der Waals surface area contributed by atoms with Crippen molar-refractivity contribution in [3.63, 3.8) is 0 Å². The van der Waals surface area contributed by atoms with Crippen LogP contribution in [-0.2, 0) is 0 Å². The van der Waals surface area contributed by atoms with E-state index in [1.54, 1.807) is 12.3 Å². The predicted molar refractivity (Wildman–Crippen MR) is 62.9 cm³/mol. The average molecular weight is 219 g/mol. The second-order valence-corrected chi connectivity index (χ2v) is 4.30. The number of carbonyl (C=O) groups excluding carboxylic acids is 1. The summed E-state index contributed by atoms with van der Waals surface area (Å²) >= 11 is 0. The quantitative estimate of drug-likeness (QED) is 0.739. The molecule has 0 radical (unpaired) electrons. The highest BCUT2D eigenvalue weighted by atomic mass is 16.1. The Balaban J connectivity index is 1.76. The van der Waals surface area contributed by atoms with Gasteiger partial charge in [-0.15, -0.1) is 0 Å². The van der Waals surface area contributed by atoms with Crippen molar-refractivity contribution in [1.29, 1.82) is 0 Å². The first-order valence-corrected chi connectivity index (χ1v) is 5.75. The molecule has 1 aromatic rings. The van der Waals surface area contributed by atoms with E-state index < -0.39 is 0 Å². The lowest BCUT2D eigenvalue weighted by Gasteiger charge is -2.06. The summed E-state index contributed by atoms with van der Waals surface area (Å²) in [5.74, 6) is 0.793. The first kappa shape index (κ1) is 10.9. The lowest BCUT2D eigenvalue weighted by molar-refractivity contribution is 0.0953. The van der Waals surface area contributed by atoms with E-state index in [0.29, 0.717) is 11.3 Å². The number of anilines is 1.